The van der Waals surface area contributed by atoms with Crippen molar-refractivity contribution in [3.8, 4) is 17.6 Å². The molecule has 0 unspecified atom stereocenters. The third-order valence-electron chi connectivity index (χ3n) is 7.68. The topological polar surface area (TPSA) is 117 Å². The molecule has 192 valence electrons. The van der Waals surface area contributed by atoms with E-state index in [4.69, 9.17) is 4.74 Å². The normalized spacial score (nSPS) is 19.6. The second kappa shape index (κ2) is 7.97. The minimum atomic E-state index is -4.17. The molecule has 1 aromatic heterocycles. The Hall–Kier alpha value is -3.56. The summed E-state index contributed by atoms with van der Waals surface area (Å²) in [5.41, 5.74) is -0.961. The van der Waals surface area contributed by atoms with Gasteiger partial charge in [0.25, 0.3) is 11.5 Å². The van der Waals surface area contributed by atoms with Gasteiger partial charge in [-0.25, -0.2) is 13.8 Å². The van der Waals surface area contributed by atoms with E-state index in [2.05, 4.69) is 9.71 Å². The highest BCUT2D eigenvalue weighted by molar-refractivity contribution is 7.90. The summed E-state index contributed by atoms with van der Waals surface area (Å²) >= 11 is 0. The highest BCUT2D eigenvalue weighted by Crippen LogP contribution is 2.52. The maximum atomic E-state index is 14.9. The van der Waals surface area contributed by atoms with Crippen LogP contribution in [0.5, 0.6) is 11.5 Å². The van der Waals surface area contributed by atoms with Crippen LogP contribution in [0, 0.1) is 16.7 Å². The van der Waals surface area contributed by atoms with Crippen molar-refractivity contribution in [2.24, 2.45) is 12.5 Å². The number of ether oxygens (including phenoxy) is 1. The maximum absolute atomic E-state index is 14.9. The second-order valence-electron chi connectivity index (χ2n) is 10.1. The lowest BCUT2D eigenvalue weighted by Gasteiger charge is -2.54. The number of nitrogens with one attached hydrogen (secondary N) is 1. The summed E-state index contributed by atoms with van der Waals surface area (Å²) in [6.07, 6.45) is 3.83. The lowest BCUT2D eigenvalue weighted by molar-refractivity contribution is -0.00768. The molecule has 12 heteroatoms. The van der Waals surface area contributed by atoms with E-state index < -0.39 is 33.8 Å². The summed E-state index contributed by atoms with van der Waals surface area (Å²) in [7, 11) is -2.61. The molecule has 37 heavy (non-hydrogen) atoms. The van der Waals surface area contributed by atoms with Crippen LogP contribution in [0.1, 0.15) is 42.4 Å². The number of benzene rings is 2. The molecule has 0 bridgehead atoms. The number of nitrogens with zero attached hydrogens (tertiary/aromatic N) is 4. The predicted molar refractivity (Wildman–Crippen MR) is 131 cm³/mol. The Morgan fingerprint density at radius 3 is 2.62 bits per heavy atom. The quantitative estimate of drug-likeness (QED) is 0.540. The Morgan fingerprint density at radius 2 is 1.95 bits per heavy atom. The summed E-state index contributed by atoms with van der Waals surface area (Å²) < 4.78 is 67.0. The molecule has 0 radical (unpaired) electrons. The van der Waals surface area contributed by atoms with E-state index in [-0.39, 0.29) is 45.4 Å². The summed E-state index contributed by atoms with van der Waals surface area (Å²) in [5, 5.41) is 10.3. The fourth-order valence-corrected chi connectivity index (χ4v) is 6.95. The van der Waals surface area contributed by atoms with Crippen LogP contribution >= 0.6 is 0 Å². The molecule has 1 N–H and O–H groups in total. The zero-order chi connectivity index (χ0) is 26.2. The SMILES string of the molecule is Cn1cnc2ccc(Oc3cc4c(c(NS(=O)(=O)N5CC6(CCC6)C5)c3C#N)C(F)(F)CC4)cc2c1=O. The Balaban J connectivity index is 1.42. The van der Waals surface area contributed by atoms with Gasteiger partial charge in [0, 0.05) is 32.1 Å². The molecule has 2 heterocycles. The number of nitriles is 1. The Labute approximate surface area is 211 Å². The van der Waals surface area contributed by atoms with Gasteiger partial charge >= 0.3 is 10.2 Å². The van der Waals surface area contributed by atoms with Gasteiger partial charge in [-0.3, -0.25) is 9.52 Å². The first-order valence-corrected chi connectivity index (χ1v) is 13.4. The highest BCUT2D eigenvalue weighted by atomic mass is 32.2. The molecular weight excluding hydrogens is 504 g/mol. The number of anilines is 1. The van der Waals surface area contributed by atoms with E-state index in [0.717, 1.165) is 19.3 Å². The number of halogens is 2. The Morgan fingerprint density at radius 1 is 1.19 bits per heavy atom. The van der Waals surface area contributed by atoms with Gasteiger partial charge in [-0.1, -0.05) is 6.42 Å². The minimum absolute atomic E-state index is 0.00582. The summed E-state index contributed by atoms with van der Waals surface area (Å²) in [6.45, 7) is 0.665. The number of fused-ring (bicyclic) bond motifs is 2. The van der Waals surface area contributed by atoms with Gasteiger partial charge in [-0.15, -0.1) is 0 Å². The van der Waals surface area contributed by atoms with E-state index >= 15 is 0 Å². The molecule has 2 fully saturated rings. The van der Waals surface area contributed by atoms with Gasteiger partial charge in [0.1, 0.15) is 23.1 Å². The first-order valence-electron chi connectivity index (χ1n) is 11.9. The number of aromatic nitrogens is 2. The number of alkyl halides is 2. The lowest BCUT2D eigenvalue weighted by Crippen LogP contribution is -2.62. The largest absolute Gasteiger partial charge is 0.456 e. The average molecular weight is 528 g/mol. The van der Waals surface area contributed by atoms with Crippen molar-refractivity contribution in [2.75, 3.05) is 17.8 Å². The van der Waals surface area contributed by atoms with Crippen LogP contribution < -0.4 is 15.0 Å². The molecule has 6 rings (SSSR count). The predicted octanol–water partition coefficient (Wildman–Crippen LogP) is 3.78. The maximum Gasteiger partial charge on any atom is 0.301 e. The summed E-state index contributed by atoms with van der Waals surface area (Å²) in [5.74, 6) is -3.19. The van der Waals surface area contributed by atoms with Crippen LogP contribution in [0.3, 0.4) is 0 Å². The van der Waals surface area contributed by atoms with E-state index in [0.29, 0.717) is 18.6 Å². The molecule has 1 spiro atoms. The van der Waals surface area contributed by atoms with Crippen LogP contribution in [0.2, 0.25) is 0 Å². The number of rotatable bonds is 5. The van der Waals surface area contributed by atoms with Crippen molar-refractivity contribution in [1.82, 2.24) is 13.9 Å². The monoisotopic (exact) mass is 527 g/mol. The van der Waals surface area contributed by atoms with E-state index in [1.807, 2.05) is 6.07 Å². The molecular formula is C25H23F2N5O4S. The van der Waals surface area contributed by atoms with E-state index in [9.17, 15) is 27.3 Å². The number of aryl methyl sites for hydroxylation is 2. The summed E-state index contributed by atoms with van der Waals surface area (Å²) in [4.78, 5) is 16.7. The standard InChI is InChI=1S/C25H23F2N5O4S/c1-31-14-29-19-4-3-16(10-17(19)23(31)33)36-20-9-15-5-8-25(26,27)21(15)22(18(20)11-28)30-37(34,35)32-12-24(13-32)6-2-7-24/h3-4,9-10,14,30H,2,5-8,12-13H2,1H3. The van der Waals surface area contributed by atoms with Crippen LogP contribution in [-0.2, 0) is 29.6 Å². The summed E-state index contributed by atoms with van der Waals surface area (Å²) in [6, 6.07) is 7.78. The van der Waals surface area contributed by atoms with Crippen molar-refractivity contribution in [2.45, 2.75) is 38.0 Å². The third-order valence-corrected chi connectivity index (χ3v) is 9.08. The van der Waals surface area contributed by atoms with Gasteiger partial charge in [-0.05, 0) is 54.5 Å². The van der Waals surface area contributed by atoms with Crippen LogP contribution in [0.25, 0.3) is 10.9 Å². The van der Waals surface area contributed by atoms with Crippen LogP contribution in [0.15, 0.2) is 35.4 Å². The molecule has 2 aromatic carbocycles. The van der Waals surface area contributed by atoms with E-state index in [1.165, 1.54) is 27.3 Å². The van der Waals surface area contributed by atoms with Gasteiger partial charge in [-0.2, -0.15) is 18.0 Å². The first-order chi connectivity index (χ1) is 17.5. The van der Waals surface area contributed by atoms with Crippen molar-refractivity contribution >= 4 is 26.8 Å². The van der Waals surface area contributed by atoms with Gasteiger partial charge in [0.2, 0.25) is 0 Å². The molecule has 1 saturated heterocycles. The number of hydrogen-bond donors (Lipinski definition) is 1. The number of hydrogen-bond acceptors (Lipinski definition) is 6. The molecule has 1 saturated carbocycles. The molecule has 3 aromatic rings. The van der Waals surface area contributed by atoms with Crippen molar-refractivity contribution in [3.63, 3.8) is 0 Å². The molecule has 0 atom stereocenters. The highest BCUT2D eigenvalue weighted by Gasteiger charge is 2.52. The van der Waals surface area contributed by atoms with Crippen molar-refractivity contribution < 1.29 is 21.9 Å². The fraction of sp³-hybridized carbons (Fsp3) is 0.400. The molecule has 2 aliphatic carbocycles. The molecule has 3 aliphatic rings. The Kier molecular flexibility index (Phi) is 5.13. The van der Waals surface area contributed by atoms with Gasteiger partial charge in [0.15, 0.2) is 0 Å². The van der Waals surface area contributed by atoms with Crippen LogP contribution in [0.4, 0.5) is 14.5 Å². The Bertz CT molecular complexity index is 1670. The molecule has 0 amide bonds. The van der Waals surface area contributed by atoms with Crippen LogP contribution in [-0.4, -0.2) is 35.4 Å². The third kappa shape index (κ3) is 3.76. The first kappa shape index (κ1) is 23.8. The van der Waals surface area contributed by atoms with E-state index in [1.54, 1.807) is 19.2 Å². The minimum Gasteiger partial charge on any atom is -0.456 e. The second-order valence-corrected chi connectivity index (χ2v) is 11.8. The van der Waals surface area contributed by atoms with Crippen molar-refractivity contribution in [1.29, 1.82) is 5.26 Å². The average Bonchev–Trinajstić information content (AvgIpc) is 3.08. The zero-order valence-corrected chi connectivity index (χ0v) is 20.7. The lowest BCUT2D eigenvalue weighted by atomic mass is 9.65. The van der Waals surface area contributed by atoms with Crippen molar-refractivity contribution in [3.05, 3.63) is 57.6 Å². The van der Waals surface area contributed by atoms with Gasteiger partial charge < -0.3 is 9.30 Å². The van der Waals surface area contributed by atoms with Gasteiger partial charge in [0.05, 0.1) is 22.9 Å². The zero-order valence-electron chi connectivity index (χ0n) is 19.9. The molecule has 9 nitrogen and oxygen atoms in total. The smallest absolute Gasteiger partial charge is 0.301 e. The molecule has 1 aliphatic heterocycles. The fourth-order valence-electron chi connectivity index (χ4n) is 5.48.